The number of allylic oxidation sites excluding steroid dienone is 1. The summed E-state index contributed by atoms with van der Waals surface area (Å²) in [6.07, 6.45) is 6.80. The number of benzene rings is 1. The molecule has 1 aromatic carbocycles. The van der Waals surface area contributed by atoms with Crippen LogP contribution in [0.3, 0.4) is 0 Å². The van der Waals surface area contributed by atoms with Crippen molar-refractivity contribution in [3.63, 3.8) is 0 Å². The van der Waals surface area contributed by atoms with E-state index in [1.54, 1.807) is 17.4 Å². The highest BCUT2D eigenvalue weighted by Crippen LogP contribution is 2.41. The third-order valence-corrected chi connectivity index (χ3v) is 6.42. The van der Waals surface area contributed by atoms with Crippen molar-refractivity contribution in [2.24, 2.45) is 5.41 Å². The fourth-order valence-corrected chi connectivity index (χ4v) is 4.78. The molecule has 1 N–H and O–H groups in total. The number of aryl methyl sites for hydroxylation is 1. The Morgan fingerprint density at radius 1 is 1.35 bits per heavy atom. The summed E-state index contributed by atoms with van der Waals surface area (Å²) in [5.74, 6) is -0.123. The third kappa shape index (κ3) is 3.67. The third-order valence-electron chi connectivity index (χ3n) is 4.98. The van der Waals surface area contributed by atoms with Gasteiger partial charge in [-0.2, -0.15) is 0 Å². The van der Waals surface area contributed by atoms with Crippen LogP contribution < -0.4 is 4.74 Å². The first-order valence-corrected chi connectivity index (χ1v) is 9.81. The van der Waals surface area contributed by atoms with Gasteiger partial charge in [0.1, 0.15) is 0 Å². The van der Waals surface area contributed by atoms with Crippen molar-refractivity contribution in [3.8, 4) is 11.5 Å². The molecule has 3 rings (SSSR count). The lowest BCUT2D eigenvalue weighted by Gasteiger charge is -2.30. The second kappa shape index (κ2) is 7.09. The number of carbonyl (C=O) groups excluding carboxylic acids is 1. The van der Waals surface area contributed by atoms with Gasteiger partial charge >= 0.3 is 0 Å². The number of halogens is 1. The molecule has 2 aromatic rings. The number of phenolic OH excluding ortho intramolecular Hbond substituents is 1. The van der Waals surface area contributed by atoms with E-state index in [9.17, 15) is 9.90 Å². The average molecular weight is 391 g/mol. The molecule has 0 bridgehead atoms. The minimum absolute atomic E-state index is 0.104. The number of thiophene rings is 1. The van der Waals surface area contributed by atoms with Gasteiger partial charge in [0.25, 0.3) is 0 Å². The highest BCUT2D eigenvalue weighted by Gasteiger charge is 2.29. The summed E-state index contributed by atoms with van der Waals surface area (Å²) in [5.41, 5.74) is 3.57. The number of aromatic hydroxyl groups is 1. The Hall–Kier alpha value is -1.78. The maximum atomic E-state index is 12.5. The Labute approximate surface area is 163 Å². The van der Waals surface area contributed by atoms with Gasteiger partial charge in [-0.25, -0.2) is 0 Å². The van der Waals surface area contributed by atoms with Gasteiger partial charge in [-0.15, -0.1) is 11.3 Å². The van der Waals surface area contributed by atoms with Crippen molar-refractivity contribution in [2.45, 2.75) is 40.0 Å². The van der Waals surface area contributed by atoms with Crippen LogP contribution in [0.25, 0.3) is 6.08 Å². The highest BCUT2D eigenvalue weighted by molar-refractivity contribution is 7.13. The SMILES string of the molecule is COc1cc(C(=O)C=Cc2sc(C)c3c2CCC(C)(C)C3)cc(Cl)c1O. The first-order valence-electron chi connectivity index (χ1n) is 8.62. The minimum Gasteiger partial charge on any atom is -0.503 e. The maximum Gasteiger partial charge on any atom is 0.186 e. The van der Waals surface area contributed by atoms with Crippen molar-refractivity contribution in [3.05, 3.63) is 49.7 Å². The monoisotopic (exact) mass is 390 g/mol. The Bertz CT molecular complexity index is 893. The van der Waals surface area contributed by atoms with E-state index in [1.165, 1.54) is 35.2 Å². The van der Waals surface area contributed by atoms with Gasteiger partial charge in [0, 0.05) is 15.3 Å². The molecular weight excluding hydrogens is 368 g/mol. The van der Waals surface area contributed by atoms with Gasteiger partial charge in [0.05, 0.1) is 12.1 Å². The summed E-state index contributed by atoms with van der Waals surface area (Å²) in [6.45, 7) is 6.79. The molecule has 5 heteroatoms. The number of rotatable bonds is 4. The van der Waals surface area contributed by atoms with E-state index in [1.807, 2.05) is 6.08 Å². The molecule has 0 saturated carbocycles. The van der Waals surface area contributed by atoms with Crippen molar-refractivity contribution in [1.82, 2.24) is 0 Å². The standard InChI is InChI=1S/C21H23ClO3S/c1-12-15-11-21(2,3)8-7-14(15)19(26-12)6-5-17(23)13-9-16(22)20(24)18(10-13)25-4/h5-6,9-10,24H,7-8,11H2,1-4H3. The largest absolute Gasteiger partial charge is 0.503 e. The normalized spacial score (nSPS) is 15.9. The fourth-order valence-electron chi connectivity index (χ4n) is 3.44. The molecule has 0 atom stereocenters. The molecule has 0 radical (unpaired) electrons. The number of ether oxygens (including phenoxy) is 1. The molecule has 0 amide bonds. The second-order valence-corrected chi connectivity index (χ2v) is 9.19. The van der Waals surface area contributed by atoms with Gasteiger partial charge in [-0.3, -0.25) is 4.79 Å². The number of carbonyl (C=O) groups is 1. The summed E-state index contributed by atoms with van der Waals surface area (Å²) in [4.78, 5) is 15.1. The Morgan fingerprint density at radius 2 is 2.08 bits per heavy atom. The van der Waals surface area contributed by atoms with Crippen LogP contribution in [-0.4, -0.2) is 18.0 Å². The van der Waals surface area contributed by atoms with Crippen LogP contribution in [-0.2, 0) is 12.8 Å². The average Bonchev–Trinajstić information content (AvgIpc) is 2.89. The molecule has 138 valence electrons. The molecule has 26 heavy (non-hydrogen) atoms. The lowest BCUT2D eigenvalue weighted by molar-refractivity contribution is 0.104. The van der Waals surface area contributed by atoms with Crippen molar-refractivity contribution >= 4 is 34.8 Å². The second-order valence-electron chi connectivity index (χ2n) is 7.53. The van der Waals surface area contributed by atoms with E-state index in [2.05, 4.69) is 20.8 Å². The van der Waals surface area contributed by atoms with Crippen LogP contribution in [0, 0.1) is 12.3 Å². The van der Waals surface area contributed by atoms with E-state index in [0.29, 0.717) is 11.0 Å². The quantitative estimate of drug-likeness (QED) is 0.527. The zero-order valence-electron chi connectivity index (χ0n) is 15.5. The number of fused-ring (bicyclic) bond motifs is 1. The lowest BCUT2D eigenvalue weighted by atomic mass is 9.74. The van der Waals surface area contributed by atoms with Gasteiger partial charge < -0.3 is 9.84 Å². The Balaban J connectivity index is 1.88. The Morgan fingerprint density at radius 3 is 2.77 bits per heavy atom. The summed E-state index contributed by atoms with van der Waals surface area (Å²) in [5, 5.41) is 9.91. The summed E-state index contributed by atoms with van der Waals surface area (Å²) < 4.78 is 5.07. The highest BCUT2D eigenvalue weighted by atomic mass is 35.5. The Kier molecular flexibility index (Phi) is 5.18. The summed E-state index contributed by atoms with van der Waals surface area (Å²) in [6, 6.07) is 2.97. The molecule has 1 aliphatic rings. The molecule has 0 saturated heterocycles. The van der Waals surface area contributed by atoms with Gasteiger partial charge in [0.15, 0.2) is 17.3 Å². The molecule has 0 unspecified atom stereocenters. The number of hydrogen-bond acceptors (Lipinski definition) is 4. The van der Waals surface area contributed by atoms with Crippen LogP contribution in [0.2, 0.25) is 5.02 Å². The summed E-state index contributed by atoms with van der Waals surface area (Å²) >= 11 is 7.73. The number of hydrogen-bond donors (Lipinski definition) is 1. The first kappa shape index (κ1) is 19.0. The fraction of sp³-hybridized carbons (Fsp3) is 0.381. The van der Waals surface area contributed by atoms with Crippen molar-refractivity contribution in [1.29, 1.82) is 0 Å². The molecule has 1 aromatic heterocycles. The predicted molar refractivity (Wildman–Crippen MR) is 108 cm³/mol. The summed E-state index contributed by atoms with van der Waals surface area (Å²) in [7, 11) is 1.43. The maximum absolute atomic E-state index is 12.5. The molecule has 3 nitrogen and oxygen atoms in total. The van der Waals surface area contributed by atoms with E-state index in [-0.39, 0.29) is 22.3 Å². The van der Waals surface area contributed by atoms with Gasteiger partial charge in [0.2, 0.25) is 0 Å². The molecule has 0 aliphatic heterocycles. The van der Waals surface area contributed by atoms with E-state index >= 15 is 0 Å². The van der Waals surface area contributed by atoms with Gasteiger partial charge in [-0.05, 0) is 67.0 Å². The van der Waals surface area contributed by atoms with Crippen molar-refractivity contribution < 1.29 is 14.6 Å². The predicted octanol–water partition coefficient (Wildman–Crippen LogP) is 5.84. The lowest BCUT2D eigenvalue weighted by Crippen LogP contribution is -2.21. The molecule has 1 heterocycles. The zero-order valence-corrected chi connectivity index (χ0v) is 17.1. The van der Waals surface area contributed by atoms with Crippen LogP contribution in [0.4, 0.5) is 0 Å². The molecule has 0 fully saturated rings. The molecular formula is C21H23ClO3S. The molecule has 0 spiro atoms. The van der Waals surface area contributed by atoms with E-state index < -0.39 is 0 Å². The van der Waals surface area contributed by atoms with E-state index in [0.717, 1.165) is 24.1 Å². The van der Waals surface area contributed by atoms with Crippen molar-refractivity contribution in [2.75, 3.05) is 7.11 Å². The number of phenols is 1. The molecule has 1 aliphatic carbocycles. The number of ketones is 1. The minimum atomic E-state index is -0.166. The topological polar surface area (TPSA) is 46.5 Å². The number of methoxy groups -OCH3 is 1. The van der Waals surface area contributed by atoms with Gasteiger partial charge in [-0.1, -0.05) is 25.4 Å². The van der Waals surface area contributed by atoms with Crippen LogP contribution >= 0.6 is 22.9 Å². The zero-order chi connectivity index (χ0) is 19.1. The van der Waals surface area contributed by atoms with Crippen LogP contribution in [0.15, 0.2) is 18.2 Å². The smallest absolute Gasteiger partial charge is 0.186 e. The first-order chi connectivity index (χ1) is 12.2. The van der Waals surface area contributed by atoms with Crippen LogP contribution in [0.1, 0.15) is 51.5 Å². The van der Waals surface area contributed by atoms with Crippen LogP contribution in [0.5, 0.6) is 11.5 Å². The van der Waals surface area contributed by atoms with E-state index in [4.69, 9.17) is 16.3 Å².